The largest absolute Gasteiger partial charge is 0.418 e. The molecule has 0 unspecified atom stereocenters. The molecule has 0 atom stereocenters. The van der Waals surface area contributed by atoms with E-state index in [-0.39, 0.29) is 29.7 Å². The molecule has 2 N–H and O–H groups in total. The molecule has 10 heteroatoms. The molecule has 1 aromatic rings. The molecule has 1 saturated heterocycles. The maximum Gasteiger partial charge on any atom is 0.418 e. The van der Waals surface area contributed by atoms with Gasteiger partial charge in [0.2, 0.25) is 11.8 Å². The Balaban J connectivity index is 1.91. The molecule has 1 heterocycles. The zero-order chi connectivity index (χ0) is 20.2. The molecule has 0 spiro atoms. The van der Waals surface area contributed by atoms with Crippen molar-refractivity contribution in [1.29, 1.82) is 0 Å². The van der Waals surface area contributed by atoms with Crippen molar-refractivity contribution in [3.05, 3.63) is 28.8 Å². The van der Waals surface area contributed by atoms with Gasteiger partial charge in [0.15, 0.2) is 0 Å². The van der Waals surface area contributed by atoms with Gasteiger partial charge in [-0.05, 0) is 38.1 Å². The second-order valence-electron chi connectivity index (χ2n) is 6.52. The van der Waals surface area contributed by atoms with Crippen LogP contribution < -0.4 is 5.32 Å². The normalized spacial score (nSPS) is 15.9. The molecule has 27 heavy (non-hydrogen) atoms. The number of piperidine rings is 1. The minimum atomic E-state index is -4.66. The van der Waals surface area contributed by atoms with E-state index in [1.165, 1.54) is 18.0 Å². The van der Waals surface area contributed by atoms with Gasteiger partial charge in [-0.3, -0.25) is 14.5 Å². The summed E-state index contributed by atoms with van der Waals surface area (Å²) in [6, 6.07) is 3.09. The fourth-order valence-electron chi connectivity index (χ4n) is 2.80. The summed E-state index contributed by atoms with van der Waals surface area (Å²) in [5.74, 6) is -0.869. The number of hydrogen-bond donors (Lipinski definition) is 2. The van der Waals surface area contributed by atoms with Crippen LogP contribution in [0.1, 0.15) is 18.4 Å². The van der Waals surface area contributed by atoms with Gasteiger partial charge in [0.25, 0.3) is 0 Å². The highest BCUT2D eigenvalue weighted by molar-refractivity contribution is 6.30. The van der Waals surface area contributed by atoms with Crippen LogP contribution in [0.15, 0.2) is 18.2 Å². The van der Waals surface area contributed by atoms with Gasteiger partial charge in [-0.25, -0.2) is 0 Å². The van der Waals surface area contributed by atoms with Gasteiger partial charge in [-0.1, -0.05) is 11.6 Å². The molecule has 2 rings (SSSR count). The second-order valence-corrected chi connectivity index (χ2v) is 6.96. The van der Waals surface area contributed by atoms with E-state index in [1.807, 2.05) is 0 Å². The average Bonchev–Trinajstić information content (AvgIpc) is 2.55. The molecular formula is C17H21ClF3N3O3. The SMILES string of the molecule is CN(CC(=O)Nc1ccc(Cl)cc1C(F)(F)F)CC(=O)N1CCC(O)CC1. The lowest BCUT2D eigenvalue weighted by Crippen LogP contribution is -2.45. The zero-order valence-electron chi connectivity index (χ0n) is 14.7. The minimum Gasteiger partial charge on any atom is -0.393 e. The quantitative estimate of drug-likeness (QED) is 0.785. The number of halogens is 4. The van der Waals surface area contributed by atoms with E-state index < -0.39 is 23.8 Å². The topological polar surface area (TPSA) is 72.9 Å². The fraction of sp³-hybridized carbons (Fsp3) is 0.529. The van der Waals surface area contributed by atoms with E-state index in [0.29, 0.717) is 25.9 Å². The van der Waals surface area contributed by atoms with Crippen LogP contribution in [0.4, 0.5) is 18.9 Å². The fourth-order valence-corrected chi connectivity index (χ4v) is 2.97. The van der Waals surface area contributed by atoms with Crippen LogP contribution in [0.2, 0.25) is 5.02 Å². The first-order valence-electron chi connectivity index (χ1n) is 8.37. The monoisotopic (exact) mass is 407 g/mol. The third-order valence-corrected chi connectivity index (χ3v) is 4.43. The van der Waals surface area contributed by atoms with Crippen LogP contribution in [0.25, 0.3) is 0 Å². The van der Waals surface area contributed by atoms with Crippen molar-refractivity contribution in [1.82, 2.24) is 9.80 Å². The Hall–Kier alpha value is -1.84. The van der Waals surface area contributed by atoms with Crippen molar-refractivity contribution in [3.8, 4) is 0 Å². The Morgan fingerprint density at radius 3 is 2.52 bits per heavy atom. The third-order valence-electron chi connectivity index (χ3n) is 4.20. The molecule has 2 amide bonds. The lowest BCUT2D eigenvalue weighted by atomic mass is 10.1. The summed E-state index contributed by atoms with van der Waals surface area (Å²) >= 11 is 5.61. The van der Waals surface area contributed by atoms with Gasteiger partial charge >= 0.3 is 6.18 Å². The van der Waals surface area contributed by atoms with E-state index in [1.54, 1.807) is 4.90 Å². The van der Waals surface area contributed by atoms with E-state index in [0.717, 1.165) is 12.1 Å². The van der Waals surface area contributed by atoms with Gasteiger partial charge in [0, 0.05) is 18.1 Å². The summed E-state index contributed by atoms with van der Waals surface area (Å²) in [6.45, 7) is 0.595. The third kappa shape index (κ3) is 6.37. The van der Waals surface area contributed by atoms with Crippen molar-refractivity contribution < 1.29 is 27.9 Å². The highest BCUT2D eigenvalue weighted by Gasteiger charge is 2.34. The van der Waals surface area contributed by atoms with Crippen molar-refractivity contribution in [2.45, 2.75) is 25.1 Å². The number of likely N-dealkylation sites (tertiary alicyclic amines) is 1. The first-order valence-corrected chi connectivity index (χ1v) is 8.75. The first kappa shape index (κ1) is 21.5. The molecule has 0 radical (unpaired) electrons. The summed E-state index contributed by atoms with van der Waals surface area (Å²) in [6.07, 6.45) is -4.05. The number of carbonyl (C=O) groups is 2. The van der Waals surface area contributed by atoms with Crippen LogP contribution in [-0.4, -0.2) is 66.1 Å². The van der Waals surface area contributed by atoms with E-state index in [4.69, 9.17) is 11.6 Å². The number of nitrogens with one attached hydrogen (secondary N) is 1. The van der Waals surface area contributed by atoms with Crippen molar-refractivity contribution in [2.24, 2.45) is 0 Å². The number of alkyl halides is 3. The number of aliphatic hydroxyl groups excluding tert-OH is 1. The van der Waals surface area contributed by atoms with E-state index in [9.17, 15) is 27.9 Å². The molecule has 1 aliphatic heterocycles. The van der Waals surface area contributed by atoms with Crippen molar-refractivity contribution in [2.75, 3.05) is 38.5 Å². The first-order chi connectivity index (χ1) is 12.6. The number of anilines is 1. The number of benzene rings is 1. The summed E-state index contributed by atoms with van der Waals surface area (Å²) in [5.41, 5.74) is -1.42. The van der Waals surface area contributed by atoms with Crippen LogP contribution in [0.5, 0.6) is 0 Å². The molecule has 0 aromatic heterocycles. The smallest absolute Gasteiger partial charge is 0.393 e. The van der Waals surface area contributed by atoms with Crippen molar-refractivity contribution in [3.63, 3.8) is 0 Å². The molecule has 0 saturated carbocycles. The molecule has 1 fully saturated rings. The number of likely N-dealkylation sites (N-methyl/N-ethyl adjacent to an activating group) is 1. The second kappa shape index (κ2) is 8.90. The Morgan fingerprint density at radius 1 is 1.30 bits per heavy atom. The standard InChI is InChI=1S/C17H21ClF3N3O3/c1-23(10-16(27)24-6-4-12(25)5-7-24)9-15(26)22-14-3-2-11(18)8-13(14)17(19,20)21/h2-3,8,12,25H,4-7,9-10H2,1H3,(H,22,26). The average molecular weight is 408 g/mol. The van der Waals surface area contributed by atoms with E-state index >= 15 is 0 Å². The number of nitrogens with zero attached hydrogens (tertiary/aromatic N) is 2. The van der Waals surface area contributed by atoms with Crippen molar-refractivity contribution >= 4 is 29.1 Å². The molecule has 1 aromatic carbocycles. The number of rotatable bonds is 5. The molecule has 0 bridgehead atoms. The Morgan fingerprint density at radius 2 is 1.93 bits per heavy atom. The van der Waals surface area contributed by atoms with Crippen LogP contribution in [-0.2, 0) is 15.8 Å². The van der Waals surface area contributed by atoms with Gasteiger partial charge < -0.3 is 15.3 Å². The lowest BCUT2D eigenvalue weighted by molar-refractivity contribution is -0.137. The molecular weight excluding hydrogens is 387 g/mol. The Kier molecular flexibility index (Phi) is 7.07. The van der Waals surface area contributed by atoms with Gasteiger partial charge in [0.1, 0.15) is 0 Å². The minimum absolute atomic E-state index is 0.0454. The number of carbonyl (C=O) groups excluding carboxylic acids is 2. The maximum absolute atomic E-state index is 13.1. The predicted octanol–water partition coefficient (Wildman–Crippen LogP) is 2.21. The molecule has 0 aliphatic carbocycles. The van der Waals surface area contributed by atoms with Crippen LogP contribution in [0, 0.1) is 0 Å². The maximum atomic E-state index is 13.1. The van der Waals surface area contributed by atoms with E-state index in [2.05, 4.69) is 5.32 Å². The Labute approximate surface area is 159 Å². The number of aliphatic hydroxyl groups is 1. The zero-order valence-corrected chi connectivity index (χ0v) is 15.5. The number of hydrogen-bond acceptors (Lipinski definition) is 4. The summed E-state index contributed by atoms with van der Waals surface area (Å²) in [7, 11) is 1.53. The van der Waals surface area contributed by atoms with Crippen LogP contribution in [0.3, 0.4) is 0 Å². The summed E-state index contributed by atoms with van der Waals surface area (Å²) in [4.78, 5) is 27.3. The van der Waals surface area contributed by atoms with Gasteiger partial charge in [-0.15, -0.1) is 0 Å². The van der Waals surface area contributed by atoms with Crippen LogP contribution >= 0.6 is 11.6 Å². The number of amides is 2. The summed E-state index contributed by atoms with van der Waals surface area (Å²) < 4.78 is 39.2. The molecule has 1 aliphatic rings. The highest BCUT2D eigenvalue weighted by atomic mass is 35.5. The molecule has 6 nitrogen and oxygen atoms in total. The highest BCUT2D eigenvalue weighted by Crippen LogP contribution is 2.36. The predicted molar refractivity (Wildman–Crippen MR) is 94.4 cm³/mol. The Bertz CT molecular complexity index is 692. The van der Waals surface area contributed by atoms with Gasteiger partial charge in [-0.2, -0.15) is 13.2 Å². The lowest BCUT2D eigenvalue weighted by Gasteiger charge is -2.30. The summed E-state index contributed by atoms with van der Waals surface area (Å²) in [5, 5.41) is 11.6. The molecule has 150 valence electrons. The van der Waals surface area contributed by atoms with Gasteiger partial charge in [0.05, 0.1) is 30.4 Å².